The van der Waals surface area contributed by atoms with Crippen LogP contribution in [0.4, 0.5) is 5.82 Å². The Labute approximate surface area is 105 Å². The molecule has 0 bridgehead atoms. The average Bonchev–Trinajstić information content (AvgIpc) is 2.39. The lowest BCUT2D eigenvalue weighted by molar-refractivity contribution is -0.122. The van der Waals surface area contributed by atoms with Crippen LogP contribution in [0.1, 0.15) is 25.5 Å². The minimum Gasteiger partial charge on any atom is -0.369 e. The highest BCUT2D eigenvalue weighted by molar-refractivity contribution is 5.77. The summed E-state index contributed by atoms with van der Waals surface area (Å²) < 4.78 is 0. The summed E-state index contributed by atoms with van der Waals surface area (Å²) in [6, 6.07) is 2.25. The number of carbonyl (C=O) groups excluding carboxylic acids is 1. The Morgan fingerprint density at radius 2 is 2.22 bits per heavy atom. The molecule has 1 aromatic rings. The molecule has 1 saturated heterocycles. The first-order valence-corrected chi connectivity index (χ1v) is 5.90. The lowest BCUT2D eigenvalue weighted by Gasteiger charge is -2.37. The normalized spacial score (nSPS) is 23.4. The highest BCUT2D eigenvalue weighted by Crippen LogP contribution is 2.27. The molecule has 1 amide bonds. The summed E-state index contributed by atoms with van der Waals surface area (Å²) in [6.07, 6.45) is 4.68. The van der Waals surface area contributed by atoms with E-state index < -0.39 is 0 Å². The SMILES string of the molecule is CC1CCC(C(N)=O)CN1c1nccnc1C#N. The largest absolute Gasteiger partial charge is 0.369 e. The van der Waals surface area contributed by atoms with Crippen molar-refractivity contribution in [2.45, 2.75) is 25.8 Å². The molecular formula is C12H15N5O. The molecule has 6 heteroatoms. The third-order valence-electron chi connectivity index (χ3n) is 3.34. The van der Waals surface area contributed by atoms with Gasteiger partial charge in [0, 0.05) is 25.0 Å². The zero-order valence-electron chi connectivity index (χ0n) is 10.2. The summed E-state index contributed by atoms with van der Waals surface area (Å²) in [4.78, 5) is 21.4. The molecule has 1 aromatic heterocycles. The molecule has 0 spiro atoms. The van der Waals surface area contributed by atoms with Crippen LogP contribution in [0.15, 0.2) is 12.4 Å². The first-order valence-electron chi connectivity index (χ1n) is 5.90. The predicted octanol–water partition coefficient (Wildman–Crippen LogP) is 0.438. The van der Waals surface area contributed by atoms with Crippen LogP contribution in [0.2, 0.25) is 0 Å². The number of nitrogens with two attached hydrogens (primary N) is 1. The van der Waals surface area contributed by atoms with Crippen molar-refractivity contribution in [2.75, 3.05) is 11.4 Å². The van der Waals surface area contributed by atoms with E-state index in [1.807, 2.05) is 17.9 Å². The number of hydrogen-bond acceptors (Lipinski definition) is 5. The third-order valence-corrected chi connectivity index (χ3v) is 3.34. The molecule has 1 fully saturated rings. The van der Waals surface area contributed by atoms with Gasteiger partial charge in [0.05, 0.1) is 5.92 Å². The van der Waals surface area contributed by atoms with Crippen molar-refractivity contribution in [2.24, 2.45) is 11.7 Å². The molecule has 6 nitrogen and oxygen atoms in total. The highest BCUT2D eigenvalue weighted by Gasteiger charge is 2.30. The van der Waals surface area contributed by atoms with E-state index in [9.17, 15) is 4.79 Å². The summed E-state index contributed by atoms with van der Waals surface area (Å²) in [5, 5.41) is 9.04. The lowest BCUT2D eigenvalue weighted by Crippen LogP contribution is -2.46. The Morgan fingerprint density at radius 1 is 1.50 bits per heavy atom. The van der Waals surface area contributed by atoms with Crippen LogP contribution >= 0.6 is 0 Å². The second-order valence-electron chi connectivity index (χ2n) is 4.52. The van der Waals surface area contributed by atoms with Gasteiger partial charge in [-0.05, 0) is 19.8 Å². The first kappa shape index (κ1) is 12.3. The molecule has 2 atom stereocenters. The molecule has 2 unspecified atom stereocenters. The van der Waals surface area contributed by atoms with Crippen LogP contribution in [0.25, 0.3) is 0 Å². The van der Waals surface area contributed by atoms with Gasteiger partial charge in [-0.1, -0.05) is 0 Å². The van der Waals surface area contributed by atoms with Crippen molar-refractivity contribution in [1.82, 2.24) is 9.97 Å². The van der Waals surface area contributed by atoms with Gasteiger partial charge in [0.25, 0.3) is 0 Å². The fraction of sp³-hybridized carbons (Fsp3) is 0.500. The van der Waals surface area contributed by atoms with Crippen LogP contribution in [-0.4, -0.2) is 28.5 Å². The summed E-state index contributed by atoms with van der Waals surface area (Å²) in [5.41, 5.74) is 5.64. The zero-order chi connectivity index (χ0) is 13.1. The fourth-order valence-corrected chi connectivity index (χ4v) is 2.25. The van der Waals surface area contributed by atoms with E-state index in [1.54, 1.807) is 6.20 Å². The van der Waals surface area contributed by atoms with Crippen molar-refractivity contribution >= 4 is 11.7 Å². The highest BCUT2D eigenvalue weighted by atomic mass is 16.1. The number of amides is 1. The van der Waals surface area contributed by atoms with Crippen LogP contribution in [0, 0.1) is 17.2 Å². The van der Waals surface area contributed by atoms with Crippen molar-refractivity contribution in [3.05, 3.63) is 18.1 Å². The van der Waals surface area contributed by atoms with Gasteiger partial charge in [0.2, 0.25) is 5.91 Å². The molecule has 0 aliphatic carbocycles. The minimum absolute atomic E-state index is 0.185. The quantitative estimate of drug-likeness (QED) is 0.815. The maximum Gasteiger partial charge on any atom is 0.222 e. The number of piperidine rings is 1. The van der Waals surface area contributed by atoms with Gasteiger partial charge in [-0.3, -0.25) is 4.79 Å². The number of aromatic nitrogens is 2. The third kappa shape index (κ3) is 2.25. The van der Waals surface area contributed by atoms with E-state index in [0.717, 1.165) is 12.8 Å². The number of anilines is 1. The molecule has 94 valence electrons. The standard InChI is InChI=1S/C12H15N5O/c1-8-2-3-9(11(14)18)7-17(8)12-10(6-13)15-4-5-16-12/h4-5,8-9H,2-3,7H2,1H3,(H2,14,18). The summed E-state index contributed by atoms with van der Waals surface area (Å²) in [6.45, 7) is 2.55. The molecule has 0 saturated carbocycles. The van der Waals surface area contributed by atoms with Crippen molar-refractivity contribution in [3.63, 3.8) is 0 Å². The Balaban J connectivity index is 2.30. The molecule has 18 heavy (non-hydrogen) atoms. The number of primary amides is 1. The number of nitriles is 1. The van der Waals surface area contributed by atoms with Crippen LogP contribution in [-0.2, 0) is 4.79 Å². The van der Waals surface area contributed by atoms with Crippen molar-refractivity contribution in [1.29, 1.82) is 5.26 Å². The molecule has 1 aliphatic rings. The number of rotatable bonds is 2. The van der Waals surface area contributed by atoms with Crippen molar-refractivity contribution in [3.8, 4) is 6.07 Å². The molecule has 2 heterocycles. The first-order chi connectivity index (χ1) is 8.63. The predicted molar refractivity (Wildman–Crippen MR) is 65.5 cm³/mol. The molecule has 1 aliphatic heterocycles. The second-order valence-corrected chi connectivity index (χ2v) is 4.52. The average molecular weight is 245 g/mol. The number of nitrogens with zero attached hydrogens (tertiary/aromatic N) is 4. The Bertz CT molecular complexity index is 495. The van der Waals surface area contributed by atoms with E-state index >= 15 is 0 Å². The van der Waals surface area contributed by atoms with Crippen LogP contribution in [0.5, 0.6) is 0 Å². The van der Waals surface area contributed by atoms with Gasteiger partial charge in [0.15, 0.2) is 11.5 Å². The Kier molecular flexibility index (Phi) is 3.42. The van der Waals surface area contributed by atoms with Gasteiger partial charge in [-0.2, -0.15) is 5.26 Å². The lowest BCUT2D eigenvalue weighted by atomic mass is 9.93. The monoisotopic (exact) mass is 245 g/mol. The number of carbonyl (C=O) groups is 1. The molecule has 2 N–H and O–H groups in total. The smallest absolute Gasteiger partial charge is 0.222 e. The van der Waals surface area contributed by atoms with Gasteiger partial charge >= 0.3 is 0 Å². The minimum atomic E-state index is -0.297. The van der Waals surface area contributed by atoms with Crippen LogP contribution < -0.4 is 10.6 Å². The van der Waals surface area contributed by atoms with E-state index in [1.165, 1.54) is 6.20 Å². The molecule has 2 rings (SSSR count). The van der Waals surface area contributed by atoms with E-state index in [4.69, 9.17) is 11.0 Å². The topological polar surface area (TPSA) is 95.9 Å². The fourth-order valence-electron chi connectivity index (χ4n) is 2.25. The second kappa shape index (κ2) is 5.00. The molecular weight excluding hydrogens is 230 g/mol. The van der Waals surface area contributed by atoms with E-state index in [2.05, 4.69) is 9.97 Å². The van der Waals surface area contributed by atoms with Gasteiger partial charge in [0.1, 0.15) is 6.07 Å². The summed E-state index contributed by atoms with van der Waals surface area (Å²) in [7, 11) is 0. The Hall–Kier alpha value is -2.16. The summed E-state index contributed by atoms with van der Waals surface area (Å²) in [5.74, 6) is 0.0579. The maximum atomic E-state index is 11.3. The molecule has 0 radical (unpaired) electrons. The zero-order valence-corrected chi connectivity index (χ0v) is 10.2. The number of hydrogen-bond donors (Lipinski definition) is 1. The van der Waals surface area contributed by atoms with Gasteiger partial charge in [-0.25, -0.2) is 9.97 Å². The van der Waals surface area contributed by atoms with Crippen LogP contribution in [0.3, 0.4) is 0 Å². The van der Waals surface area contributed by atoms with E-state index in [0.29, 0.717) is 12.4 Å². The van der Waals surface area contributed by atoms with Crippen molar-refractivity contribution < 1.29 is 4.79 Å². The Morgan fingerprint density at radius 3 is 2.89 bits per heavy atom. The maximum absolute atomic E-state index is 11.3. The van der Waals surface area contributed by atoms with E-state index in [-0.39, 0.29) is 23.6 Å². The molecule has 0 aromatic carbocycles. The summed E-state index contributed by atoms with van der Waals surface area (Å²) >= 11 is 0. The van der Waals surface area contributed by atoms with Gasteiger partial charge in [-0.15, -0.1) is 0 Å². The van der Waals surface area contributed by atoms with Gasteiger partial charge < -0.3 is 10.6 Å².